The molecule has 2 aliphatic carbocycles. The van der Waals surface area contributed by atoms with Gasteiger partial charge in [-0.15, -0.1) is 0 Å². The Morgan fingerprint density at radius 1 is 1.12 bits per heavy atom. The van der Waals surface area contributed by atoms with Gasteiger partial charge in [0.15, 0.2) is 11.6 Å². The van der Waals surface area contributed by atoms with E-state index in [0.717, 1.165) is 46.5 Å². The van der Waals surface area contributed by atoms with Crippen LogP contribution < -0.4 is 0 Å². The van der Waals surface area contributed by atoms with Crippen LogP contribution in [-0.4, -0.2) is 25.8 Å². The van der Waals surface area contributed by atoms with E-state index in [9.17, 15) is 15.2 Å². The number of pyridine rings is 1. The van der Waals surface area contributed by atoms with Crippen LogP contribution in [0.4, 0.5) is 0 Å². The van der Waals surface area contributed by atoms with Gasteiger partial charge in [0, 0.05) is 40.4 Å². The molecule has 2 heterocycles. The van der Waals surface area contributed by atoms with E-state index in [1.807, 2.05) is 49.4 Å². The number of rotatable bonds is 3. The van der Waals surface area contributed by atoms with E-state index in [0.29, 0.717) is 5.82 Å². The van der Waals surface area contributed by atoms with Crippen molar-refractivity contribution in [3.05, 3.63) is 77.3 Å². The molecule has 0 radical (unpaired) electrons. The maximum atomic E-state index is 12.8. The Morgan fingerprint density at radius 3 is 2.52 bits per heavy atom. The summed E-state index contributed by atoms with van der Waals surface area (Å²) in [5.74, 6) is 0.344. The molecule has 2 aliphatic rings. The minimum atomic E-state index is -0.545. The molecule has 2 aromatic heterocycles. The van der Waals surface area contributed by atoms with Gasteiger partial charge in [-0.2, -0.15) is 5.26 Å². The fraction of sp³-hybridized carbons (Fsp3) is 0.296. The lowest BCUT2D eigenvalue weighted by Crippen LogP contribution is -2.46. The highest BCUT2D eigenvalue weighted by atomic mass is 16.3. The van der Waals surface area contributed by atoms with Gasteiger partial charge in [-0.3, -0.25) is 9.78 Å². The van der Waals surface area contributed by atoms with E-state index in [4.69, 9.17) is 9.97 Å². The molecule has 0 unspecified atom stereocenters. The van der Waals surface area contributed by atoms with Crippen molar-refractivity contribution in [2.75, 3.05) is 0 Å². The number of aliphatic hydroxyl groups is 1. The monoisotopic (exact) mass is 436 g/mol. The van der Waals surface area contributed by atoms with Crippen molar-refractivity contribution in [2.45, 2.75) is 38.7 Å². The van der Waals surface area contributed by atoms with Crippen LogP contribution in [0.2, 0.25) is 0 Å². The van der Waals surface area contributed by atoms with Crippen molar-refractivity contribution in [3.63, 3.8) is 0 Å². The van der Waals surface area contributed by atoms with Crippen LogP contribution in [0.15, 0.2) is 60.4 Å². The summed E-state index contributed by atoms with van der Waals surface area (Å²) >= 11 is 0. The quantitative estimate of drug-likeness (QED) is 0.661. The van der Waals surface area contributed by atoms with Gasteiger partial charge in [0.2, 0.25) is 0 Å². The van der Waals surface area contributed by atoms with E-state index in [-0.39, 0.29) is 29.8 Å². The summed E-state index contributed by atoms with van der Waals surface area (Å²) in [7, 11) is 0. The molecule has 164 valence electrons. The van der Waals surface area contributed by atoms with Gasteiger partial charge in [0.05, 0.1) is 23.6 Å². The first-order chi connectivity index (χ1) is 16.0. The predicted octanol–water partition coefficient (Wildman–Crippen LogP) is 4.19. The van der Waals surface area contributed by atoms with Gasteiger partial charge in [0.1, 0.15) is 6.07 Å². The first kappa shape index (κ1) is 21.2. The summed E-state index contributed by atoms with van der Waals surface area (Å²) < 4.78 is 0. The van der Waals surface area contributed by atoms with E-state index in [1.165, 1.54) is 0 Å². The molecule has 6 heteroatoms. The van der Waals surface area contributed by atoms with Crippen LogP contribution in [0.3, 0.4) is 0 Å². The third-order valence-electron chi connectivity index (χ3n) is 7.19. The van der Waals surface area contributed by atoms with Gasteiger partial charge in [-0.25, -0.2) is 9.97 Å². The zero-order valence-electron chi connectivity index (χ0n) is 18.6. The SMILES string of the molecule is C[C@H]1C(=O)C(C#N)=C[C@@]2(C)c3nc(-c4ccncc4)nc(-c4ccc(CO)cc4)c3CC[C@H]12. The van der Waals surface area contributed by atoms with Crippen LogP contribution in [0.1, 0.15) is 37.1 Å². The molecular weight excluding hydrogens is 412 g/mol. The molecule has 1 N–H and O–H groups in total. The summed E-state index contributed by atoms with van der Waals surface area (Å²) in [5, 5.41) is 19.1. The number of aromatic nitrogens is 3. The zero-order valence-corrected chi connectivity index (χ0v) is 18.6. The standard InChI is InChI=1S/C27H24N4O2/c1-16-22-8-7-21-23(18-5-3-17(15-32)4-6-18)30-26(19-9-11-29-12-10-19)31-25(21)27(22,2)13-20(14-28)24(16)33/h3-6,9-13,16,22,32H,7-8,15H2,1-2H3/t16-,22-,27-/m1/s1. The Balaban J connectivity index is 1.79. The fourth-order valence-corrected chi connectivity index (χ4v) is 5.41. The molecule has 6 nitrogen and oxygen atoms in total. The highest BCUT2D eigenvalue weighted by Gasteiger charge is 2.49. The number of Topliss-reactive ketones (excluding diaryl/α,β-unsaturated/α-hetero) is 1. The lowest BCUT2D eigenvalue weighted by Gasteiger charge is -2.45. The maximum absolute atomic E-state index is 12.8. The first-order valence-corrected chi connectivity index (χ1v) is 11.2. The number of benzene rings is 1. The van der Waals surface area contributed by atoms with Gasteiger partial charge in [-0.05, 0) is 36.5 Å². The minimum Gasteiger partial charge on any atom is -0.392 e. The summed E-state index contributed by atoms with van der Waals surface area (Å²) in [5.41, 5.74) is 5.11. The van der Waals surface area contributed by atoms with Crippen LogP contribution in [0, 0.1) is 23.2 Å². The number of ketones is 1. The van der Waals surface area contributed by atoms with Crippen molar-refractivity contribution in [1.29, 1.82) is 5.26 Å². The van der Waals surface area contributed by atoms with Crippen molar-refractivity contribution in [3.8, 4) is 28.7 Å². The molecular formula is C27H24N4O2. The van der Waals surface area contributed by atoms with Gasteiger partial charge < -0.3 is 5.11 Å². The van der Waals surface area contributed by atoms with Crippen molar-refractivity contribution < 1.29 is 9.90 Å². The van der Waals surface area contributed by atoms with Crippen molar-refractivity contribution >= 4 is 5.78 Å². The predicted molar refractivity (Wildman–Crippen MR) is 124 cm³/mol. The number of carbonyl (C=O) groups excluding carboxylic acids is 1. The van der Waals surface area contributed by atoms with Gasteiger partial charge in [-0.1, -0.05) is 44.2 Å². The van der Waals surface area contributed by atoms with Crippen molar-refractivity contribution in [1.82, 2.24) is 15.0 Å². The number of hydrogen-bond acceptors (Lipinski definition) is 6. The number of hydrogen-bond donors (Lipinski definition) is 1. The largest absolute Gasteiger partial charge is 0.392 e. The molecule has 3 aromatic rings. The molecule has 1 aromatic carbocycles. The third-order valence-corrected chi connectivity index (χ3v) is 7.19. The minimum absolute atomic E-state index is 0.0160. The summed E-state index contributed by atoms with van der Waals surface area (Å²) in [4.78, 5) is 26.9. The smallest absolute Gasteiger partial charge is 0.176 e. The number of allylic oxidation sites excluding steroid dienone is 2. The third kappa shape index (κ3) is 3.37. The summed E-state index contributed by atoms with van der Waals surface area (Å²) in [6, 6.07) is 13.6. The second-order valence-electron chi connectivity index (χ2n) is 9.06. The topological polar surface area (TPSA) is 99.8 Å². The molecule has 0 fully saturated rings. The maximum Gasteiger partial charge on any atom is 0.176 e. The Bertz CT molecular complexity index is 1310. The van der Waals surface area contributed by atoms with E-state index in [1.54, 1.807) is 12.4 Å². The Labute approximate surface area is 192 Å². The second-order valence-corrected chi connectivity index (χ2v) is 9.06. The van der Waals surface area contributed by atoms with E-state index < -0.39 is 5.41 Å². The Kier molecular flexibility index (Phi) is 5.15. The average molecular weight is 437 g/mol. The number of fused-ring (bicyclic) bond motifs is 3. The molecule has 3 atom stereocenters. The van der Waals surface area contributed by atoms with Crippen LogP contribution in [-0.2, 0) is 23.2 Å². The molecule has 33 heavy (non-hydrogen) atoms. The highest BCUT2D eigenvalue weighted by molar-refractivity contribution is 6.02. The van der Waals surface area contributed by atoms with Crippen LogP contribution >= 0.6 is 0 Å². The lowest BCUT2D eigenvalue weighted by molar-refractivity contribution is -0.121. The number of aliphatic hydroxyl groups excluding tert-OH is 1. The highest BCUT2D eigenvalue weighted by Crippen LogP contribution is 2.50. The molecule has 0 aliphatic heterocycles. The number of nitriles is 1. The summed E-state index contributed by atoms with van der Waals surface area (Å²) in [6.45, 7) is 4.01. The normalized spacial score (nSPS) is 23.8. The lowest BCUT2D eigenvalue weighted by atomic mass is 9.57. The molecule has 0 spiro atoms. The first-order valence-electron chi connectivity index (χ1n) is 11.2. The summed E-state index contributed by atoms with van der Waals surface area (Å²) in [6.07, 6.45) is 6.85. The second kappa shape index (κ2) is 8.02. The van der Waals surface area contributed by atoms with E-state index in [2.05, 4.69) is 18.0 Å². The molecule has 0 bridgehead atoms. The van der Waals surface area contributed by atoms with Crippen molar-refractivity contribution in [2.24, 2.45) is 11.8 Å². The molecule has 0 amide bonds. The fourth-order valence-electron chi connectivity index (χ4n) is 5.41. The number of carbonyl (C=O) groups is 1. The molecule has 0 saturated carbocycles. The van der Waals surface area contributed by atoms with E-state index >= 15 is 0 Å². The van der Waals surface area contributed by atoms with Gasteiger partial charge >= 0.3 is 0 Å². The Morgan fingerprint density at radius 2 is 1.85 bits per heavy atom. The Hall–Kier alpha value is -3.69. The van der Waals surface area contributed by atoms with Gasteiger partial charge in [0.25, 0.3) is 0 Å². The zero-order chi connectivity index (χ0) is 23.2. The molecule has 0 saturated heterocycles. The average Bonchev–Trinajstić information content (AvgIpc) is 2.86. The van der Waals surface area contributed by atoms with Crippen LogP contribution in [0.5, 0.6) is 0 Å². The molecule has 5 rings (SSSR count). The number of nitrogens with zero attached hydrogens (tertiary/aromatic N) is 4. The van der Waals surface area contributed by atoms with Crippen LogP contribution in [0.25, 0.3) is 22.6 Å².